The van der Waals surface area contributed by atoms with Gasteiger partial charge in [0.1, 0.15) is 11.6 Å². The summed E-state index contributed by atoms with van der Waals surface area (Å²) < 4.78 is 11.1. The number of hydrogen-bond acceptors (Lipinski definition) is 4. The van der Waals surface area contributed by atoms with E-state index in [1.807, 2.05) is 20.8 Å². The van der Waals surface area contributed by atoms with Gasteiger partial charge in [-0.2, -0.15) is 0 Å². The highest BCUT2D eigenvalue weighted by Crippen LogP contribution is 2.31. The smallest absolute Gasteiger partial charge is 0.323 e. The molecule has 2 aliphatic heterocycles. The first-order valence-electron chi connectivity index (χ1n) is 7.95. The Kier molecular flexibility index (Phi) is 5.08. The van der Waals surface area contributed by atoms with Gasteiger partial charge < -0.3 is 9.47 Å². The molecule has 4 nitrogen and oxygen atoms in total. The maximum Gasteiger partial charge on any atom is 0.323 e. The Bertz CT molecular complexity index is 331. The van der Waals surface area contributed by atoms with E-state index >= 15 is 0 Å². The summed E-state index contributed by atoms with van der Waals surface area (Å²) in [4.78, 5) is 14.6. The third kappa shape index (κ3) is 3.95. The first kappa shape index (κ1) is 15.8. The van der Waals surface area contributed by atoms with Gasteiger partial charge in [-0.3, -0.25) is 9.69 Å². The average Bonchev–Trinajstić information content (AvgIpc) is 2.97. The lowest BCUT2D eigenvalue weighted by molar-refractivity contribution is -0.161. The molecule has 2 fully saturated rings. The maximum absolute atomic E-state index is 12.3. The Labute approximate surface area is 122 Å². The molecule has 2 aliphatic rings. The number of hydrogen-bond donors (Lipinski definition) is 0. The van der Waals surface area contributed by atoms with Crippen LogP contribution < -0.4 is 0 Å². The molecule has 2 heterocycles. The zero-order valence-corrected chi connectivity index (χ0v) is 13.4. The summed E-state index contributed by atoms with van der Waals surface area (Å²) >= 11 is 0. The number of ether oxygens (including phenoxy) is 2. The molecule has 116 valence electrons. The minimum atomic E-state index is -0.400. The molecule has 0 N–H and O–H groups in total. The van der Waals surface area contributed by atoms with E-state index in [2.05, 4.69) is 11.8 Å². The molecule has 0 radical (unpaired) electrons. The summed E-state index contributed by atoms with van der Waals surface area (Å²) in [5.41, 5.74) is -0.400. The molecule has 4 heteroatoms. The van der Waals surface area contributed by atoms with Gasteiger partial charge in [-0.1, -0.05) is 6.92 Å². The molecule has 0 aromatic heterocycles. The molecule has 0 saturated carbocycles. The van der Waals surface area contributed by atoms with E-state index in [-0.39, 0.29) is 12.0 Å². The molecular formula is C16H29NO3. The highest BCUT2D eigenvalue weighted by molar-refractivity contribution is 5.76. The largest absolute Gasteiger partial charge is 0.459 e. The Morgan fingerprint density at radius 2 is 2.10 bits per heavy atom. The van der Waals surface area contributed by atoms with E-state index in [1.54, 1.807) is 0 Å². The normalized spacial score (nSPS) is 29.6. The van der Waals surface area contributed by atoms with Crippen LogP contribution in [0.1, 0.15) is 47.0 Å². The van der Waals surface area contributed by atoms with E-state index in [4.69, 9.17) is 9.47 Å². The van der Waals surface area contributed by atoms with Crippen molar-refractivity contribution >= 4 is 5.97 Å². The first-order valence-corrected chi connectivity index (χ1v) is 7.95. The van der Waals surface area contributed by atoms with Crippen LogP contribution in [0.5, 0.6) is 0 Å². The van der Waals surface area contributed by atoms with Crippen LogP contribution in [0.3, 0.4) is 0 Å². The summed E-state index contributed by atoms with van der Waals surface area (Å²) in [5.74, 6) is 1.31. The van der Waals surface area contributed by atoms with Gasteiger partial charge in [0.2, 0.25) is 0 Å². The van der Waals surface area contributed by atoms with Crippen molar-refractivity contribution < 1.29 is 14.3 Å². The van der Waals surface area contributed by atoms with Gasteiger partial charge in [0, 0.05) is 19.8 Å². The minimum absolute atomic E-state index is 0.0664. The van der Waals surface area contributed by atoms with Crippen LogP contribution in [0, 0.1) is 11.8 Å². The lowest BCUT2D eigenvalue weighted by Crippen LogP contribution is -2.43. The van der Waals surface area contributed by atoms with Crippen molar-refractivity contribution in [2.45, 2.75) is 58.6 Å². The Morgan fingerprint density at radius 3 is 2.65 bits per heavy atom. The van der Waals surface area contributed by atoms with Crippen LogP contribution in [-0.2, 0) is 14.3 Å². The number of rotatable bonds is 4. The summed E-state index contributed by atoms with van der Waals surface area (Å²) in [5, 5.41) is 0. The van der Waals surface area contributed by atoms with E-state index in [9.17, 15) is 4.79 Å². The van der Waals surface area contributed by atoms with Crippen molar-refractivity contribution in [3.05, 3.63) is 0 Å². The standard InChI is InChI=1S/C16H29NO3/c1-5-14(15(18)20-16(2,3)4)17-8-6-12(10-17)13-7-9-19-11-13/h12-14H,5-11H2,1-4H3. The molecular weight excluding hydrogens is 254 g/mol. The maximum atomic E-state index is 12.3. The SMILES string of the molecule is CCC(C(=O)OC(C)(C)C)N1CCC(C2CCOC2)C1. The van der Waals surface area contributed by atoms with Crippen molar-refractivity contribution in [2.24, 2.45) is 11.8 Å². The molecule has 3 atom stereocenters. The van der Waals surface area contributed by atoms with Crippen molar-refractivity contribution in [3.63, 3.8) is 0 Å². The summed E-state index contributed by atoms with van der Waals surface area (Å²) in [7, 11) is 0. The number of nitrogens with zero attached hydrogens (tertiary/aromatic N) is 1. The highest BCUT2D eigenvalue weighted by Gasteiger charge is 2.37. The van der Waals surface area contributed by atoms with Crippen molar-refractivity contribution in [2.75, 3.05) is 26.3 Å². The minimum Gasteiger partial charge on any atom is -0.459 e. The summed E-state index contributed by atoms with van der Waals surface area (Å²) in [6.45, 7) is 11.7. The van der Waals surface area contributed by atoms with Gasteiger partial charge in [0.25, 0.3) is 0 Å². The molecule has 20 heavy (non-hydrogen) atoms. The number of likely N-dealkylation sites (tertiary alicyclic amines) is 1. The van der Waals surface area contributed by atoms with Crippen LogP contribution in [0.15, 0.2) is 0 Å². The van der Waals surface area contributed by atoms with Gasteiger partial charge in [-0.25, -0.2) is 0 Å². The van der Waals surface area contributed by atoms with Crippen molar-refractivity contribution in [1.82, 2.24) is 4.90 Å². The van der Waals surface area contributed by atoms with E-state index in [1.165, 1.54) is 12.8 Å². The summed E-state index contributed by atoms with van der Waals surface area (Å²) in [6, 6.07) is -0.0819. The fraction of sp³-hybridized carbons (Fsp3) is 0.938. The summed E-state index contributed by atoms with van der Waals surface area (Å²) in [6.07, 6.45) is 3.19. The average molecular weight is 283 g/mol. The van der Waals surface area contributed by atoms with Gasteiger partial charge in [0.15, 0.2) is 0 Å². The van der Waals surface area contributed by atoms with Crippen LogP contribution in [0.2, 0.25) is 0 Å². The number of carbonyl (C=O) groups excluding carboxylic acids is 1. The predicted molar refractivity (Wildman–Crippen MR) is 78.5 cm³/mol. The van der Waals surface area contributed by atoms with E-state index in [0.29, 0.717) is 11.8 Å². The van der Waals surface area contributed by atoms with Gasteiger partial charge in [-0.05, 0) is 58.4 Å². The van der Waals surface area contributed by atoms with Gasteiger partial charge in [0.05, 0.1) is 0 Å². The fourth-order valence-corrected chi connectivity index (χ4v) is 3.35. The lowest BCUT2D eigenvalue weighted by Gasteiger charge is -2.29. The lowest BCUT2D eigenvalue weighted by atomic mass is 9.91. The Morgan fingerprint density at radius 1 is 1.35 bits per heavy atom. The second-order valence-electron chi connectivity index (χ2n) is 7.12. The zero-order valence-electron chi connectivity index (χ0n) is 13.4. The third-order valence-corrected chi connectivity index (χ3v) is 4.39. The highest BCUT2D eigenvalue weighted by atomic mass is 16.6. The molecule has 3 unspecified atom stereocenters. The molecule has 0 aromatic rings. The van der Waals surface area contributed by atoms with Crippen LogP contribution in [0.25, 0.3) is 0 Å². The molecule has 0 spiro atoms. The molecule has 0 aromatic carbocycles. The van der Waals surface area contributed by atoms with Crippen LogP contribution in [-0.4, -0.2) is 48.8 Å². The quantitative estimate of drug-likeness (QED) is 0.743. The van der Waals surface area contributed by atoms with Crippen molar-refractivity contribution in [3.8, 4) is 0 Å². The van der Waals surface area contributed by atoms with Crippen molar-refractivity contribution in [1.29, 1.82) is 0 Å². The van der Waals surface area contributed by atoms with E-state index < -0.39 is 5.60 Å². The Hall–Kier alpha value is -0.610. The fourth-order valence-electron chi connectivity index (χ4n) is 3.35. The third-order valence-electron chi connectivity index (χ3n) is 4.39. The number of esters is 1. The van der Waals surface area contributed by atoms with Crippen LogP contribution >= 0.6 is 0 Å². The second-order valence-corrected chi connectivity index (χ2v) is 7.12. The zero-order chi connectivity index (χ0) is 14.8. The second kappa shape index (κ2) is 6.44. The first-order chi connectivity index (χ1) is 9.40. The molecule has 0 bridgehead atoms. The molecule has 0 amide bonds. The van der Waals surface area contributed by atoms with Gasteiger partial charge in [-0.15, -0.1) is 0 Å². The Balaban J connectivity index is 1.90. The molecule has 2 saturated heterocycles. The number of carbonyl (C=O) groups is 1. The predicted octanol–water partition coefficient (Wildman–Crippen LogP) is 2.47. The van der Waals surface area contributed by atoms with Crippen LogP contribution in [0.4, 0.5) is 0 Å². The molecule has 2 rings (SSSR count). The van der Waals surface area contributed by atoms with Gasteiger partial charge >= 0.3 is 5.97 Å². The topological polar surface area (TPSA) is 38.8 Å². The monoisotopic (exact) mass is 283 g/mol. The van der Waals surface area contributed by atoms with E-state index in [0.717, 1.165) is 32.7 Å². The molecule has 0 aliphatic carbocycles.